The number of ether oxygens (including phenoxy) is 5. The van der Waals surface area contributed by atoms with Gasteiger partial charge in [0.2, 0.25) is 0 Å². The lowest BCUT2D eigenvalue weighted by Crippen LogP contribution is -2.43. The Bertz CT molecular complexity index is 870. The Morgan fingerprint density at radius 2 is 1.49 bits per heavy atom. The minimum absolute atomic E-state index is 0.00271. The van der Waals surface area contributed by atoms with Crippen LogP contribution in [0.3, 0.4) is 0 Å². The number of hydrogen-bond acceptors (Lipinski definition) is 10. The fourth-order valence-corrected chi connectivity index (χ4v) is 2.73. The zero-order valence-electron chi connectivity index (χ0n) is 21.0. The summed E-state index contributed by atoms with van der Waals surface area (Å²) in [6, 6.07) is 3.22. The maximum Gasteiger partial charge on any atom is 0.513 e. The Morgan fingerprint density at radius 1 is 0.914 bits per heavy atom. The van der Waals surface area contributed by atoms with Crippen molar-refractivity contribution >= 4 is 24.2 Å². The Balaban J connectivity index is 2.94. The van der Waals surface area contributed by atoms with Crippen LogP contribution < -0.4 is 14.8 Å². The number of esters is 1. The second kappa shape index (κ2) is 14.8. The normalized spacial score (nSPS) is 13.3. The number of aliphatic carboxylic acids is 1. The molecule has 1 aromatic rings. The number of nitrogens with one attached hydrogen (secondary N) is 1. The first-order valence-corrected chi connectivity index (χ1v) is 11.5. The van der Waals surface area contributed by atoms with Crippen molar-refractivity contribution in [1.82, 2.24) is 5.32 Å². The van der Waals surface area contributed by atoms with E-state index in [2.05, 4.69) is 5.32 Å². The average molecular weight is 498 g/mol. The molecule has 1 aromatic carbocycles. The first-order valence-electron chi connectivity index (χ1n) is 11.5. The van der Waals surface area contributed by atoms with Crippen LogP contribution in [-0.2, 0) is 30.2 Å². The topological polar surface area (TPSA) is 147 Å². The molecule has 0 aromatic heterocycles. The fourth-order valence-electron chi connectivity index (χ4n) is 2.73. The van der Waals surface area contributed by atoms with E-state index >= 15 is 0 Å². The van der Waals surface area contributed by atoms with E-state index in [1.54, 1.807) is 27.7 Å². The van der Waals surface area contributed by atoms with Gasteiger partial charge in [-0.1, -0.05) is 26.8 Å². The molecule has 0 saturated carbocycles. The van der Waals surface area contributed by atoms with Gasteiger partial charge in [-0.15, -0.1) is 0 Å². The molecule has 11 heteroatoms. The lowest BCUT2D eigenvalue weighted by atomic mass is 9.98. The first kappa shape index (κ1) is 29.7. The summed E-state index contributed by atoms with van der Waals surface area (Å²) in [7, 11) is 0. The Kier molecular flexibility index (Phi) is 12.6. The summed E-state index contributed by atoms with van der Waals surface area (Å²) in [4.78, 5) is 47.4. The third-order valence-electron chi connectivity index (χ3n) is 5.00. The van der Waals surface area contributed by atoms with E-state index in [4.69, 9.17) is 23.7 Å². The maximum absolute atomic E-state index is 12.1. The van der Waals surface area contributed by atoms with Crippen molar-refractivity contribution in [3.8, 4) is 11.5 Å². The summed E-state index contributed by atoms with van der Waals surface area (Å²) in [6.45, 7) is 10.7. The predicted octanol–water partition coefficient (Wildman–Crippen LogP) is 3.57. The van der Waals surface area contributed by atoms with E-state index in [0.29, 0.717) is 5.56 Å². The summed E-state index contributed by atoms with van der Waals surface area (Å²) in [5, 5.41) is 12.5. The molecule has 0 aliphatic rings. The molecule has 196 valence electrons. The predicted molar refractivity (Wildman–Crippen MR) is 124 cm³/mol. The van der Waals surface area contributed by atoms with Gasteiger partial charge in [-0.05, 0) is 50.8 Å². The smallest absolute Gasteiger partial charge is 0.480 e. The molecule has 0 aliphatic carbocycles. The molecule has 0 heterocycles. The number of carboxylic acids is 1. The number of benzene rings is 1. The van der Waals surface area contributed by atoms with Gasteiger partial charge in [0.15, 0.2) is 11.5 Å². The van der Waals surface area contributed by atoms with Crippen LogP contribution in [-0.4, -0.2) is 61.3 Å². The highest BCUT2D eigenvalue weighted by Crippen LogP contribution is 2.30. The second-order valence-electron chi connectivity index (χ2n) is 8.13. The van der Waals surface area contributed by atoms with Gasteiger partial charge in [0.1, 0.15) is 12.1 Å². The van der Waals surface area contributed by atoms with Gasteiger partial charge in [-0.25, -0.2) is 9.59 Å². The molecule has 11 nitrogen and oxygen atoms in total. The Hall–Kier alpha value is -3.34. The van der Waals surface area contributed by atoms with Crippen LogP contribution in [0.1, 0.15) is 47.1 Å². The van der Waals surface area contributed by atoms with Gasteiger partial charge in [0, 0.05) is 6.54 Å². The van der Waals surface area contributed by atoms with Crippen LogP contribution in [0.4, 0.5) is 9.59 Å². The standard InChI is InChI=1S/C24H35NO10/c1-7-31-23(29)34-19-10-9-17(12-20(19)35-24(30)32-8-2)11-18(21(26)27)25-13-15(5)33-22(28)16(6)14(3)4/h9-10,12,14-16,18,25H,7-8,11,13H2,1-6H3,(H,26,27)/t15?,16?,18-/m0/s1. The highest BCUT2D eigenvalue weighted by atomic mass is 16.7. The summed E-state index contributed by atoms with van der Waals surface area (Å²) in [5.41, 5.74) is 0.471. The number of carbonyl (C=O) groups is 4. The van der Waals surface area contributed by atoms with Crippen LogP contribution >= 0.6 is 0 Å². The van der Waals surface area contributed by atoms with E-state index in [0.717, 1.165) is 0 Å². The molecule has 35 heavy (non-hydrogen) atoms. The van der Waals surface area contributed by atoms with E-state index in [1.165, 1.54) is 18.2 Å². The van der Waals surface area contributed by atoms with E-state index < -0.39 is 30.4 Å². The highest BCUT2D eigenvalue weighted by molar-refractivity contribution is 5.74. The van der Waals surface area contributed by atoms with Crippen molar-refractivity contribution in [2.75, 3.05) is 19.8 Å². The number of carbonyl (C=O) groups excluding carboxylic acids is 3. The molecule has 2 N–H and O–H groups in total. The monoisotopic (exact) mass is 497 g/mol. The van der Waals surface area contributed by atoms with Crippen molar-refractivity contribution in [1.29, 1.82) is 0 Å². The van der Waals surface area contributed by atoms with Gasteiger partial charge in [0.05, 0.1) is 19.1 Å². The molecule has 0 fully saturated rings. The number of carboxylic acid groups (broad SMARTS) is 1. The third kappa shape index (κ3) is 10.6. The molecule has 0 aliphatic heterocycles. The van der Waals surface area contributed by atoms with Crippen molar-refractivity contribution < 1.29 is 48.0 Å². The van der Waals surface area contributed by atoms with Gasteiger partial charge in [-0.2, -0.15) is 0 Å². The molecule has 0 bridgehead atoms. The Labute approximate surface area is 205 Å². The highest BCUT2D eigenvalue weighted by Gasteiger charge is 2.24. The molecule has 1 rings (SSSR count). The molecule has 2 unspecified atom stereocenters. The molecular weight excluding hydrogens is 462 g/mol. The van der Waals surface area contributed by atoms with Crippen LogP contribution in [0, 0.1) is 11.8 Å². The summed E-state index contributed by atoms with van der Waals surface area (Å²) in [6.07, 6.45) is -2.56. The zero-order chi connectivity index (χ0) is 26.5. The van der Waals surface area contributed by atoms with E-state index in [1.807, 2.05) is 13.8 Å². The van der Waals surface area contributed by atoms with Crippen molar-refractivity contribution in [3.63, 3.8) is 0 Å². The van der Waals surface area contributed by atoms with Crippen molar-refractivity contribution in [2.24, 2.45) is 11.8 Å². The SMILES string of the molecule is CCOC(=O)Oc1ccc(C[C@H](NCC(C)OC(=O)C(C)C(C)C)C(=O)O)cc1OC(=O)OCC. The van der Waals surface area contributed by atoms with Crippen LogP contribution in [0.15, 0.2) is 18.2 Å². The quantitative estimate of drug-likeness (QED) is 0.234. The second-order valence-corrected chi connectivity index (χ2v) is 8.13. The molecule has 0 spiro atoms. The largest absolute Gasteiger partial charge is 0.513 e. The van der Waals surface area contributed by atoms with E-state index in [-0.39, 0.29) is 55.5 Å². The first-order chi connectivity index (χ1) is 16.5. The molecule has 0 saturated heterocycles. The maximum atomic E-state index is 12.1. The molecule has 0 amide bonds. The minimum Gasteiger partial charge on any atom is -0.480 e. The molecule has 3 atom stereocenters. The van der Waals surface area contributed by atoms with Crippen LogP contribution in [0.5, 0.6) is 11.5 Å². The molecular formula is C24H35NO10. The minimum atomic E-state index is -1.13. The lowest BCUT2D eigenvalue weighted by molar-refractivity contribution is -0.154. The van der Waals surface area contributed by atoms with Gasteiger partial charge in [-0.3, -0.25) is 9.59 Å². The third-order valence-corrected chi connectivity index (χ3v) is 5.00. The summed E-state index contributed by atoms with van der Waals surface area (Å²) < 4.78 is 25.0. The molecule has 0 radical (unpaired) electrons. The summed E-state index contributed by atoms with van der Waals surface area (Å²) >= 11 is 0. The van der Waals surface area contributed by atoms with E-state index in [9.17, 15) is 24.3 Å². The van der Waals surface area contributed by atoms with Gasteiger partial charge in [0.25, 0.3) is 0 Å². The van der Waals surface area contributed by atoms with Gasteiger partial charge < -0.3 is 34.1 Å². The van der Waals surface area contributed by atoms with Crippen LogP contribution in [0.2, 0.25) is 0 Å². The fraction of sp³-hybridized carbons (Fsp3) is 0.583. The van der Waals surface area contributed by atoms with Crippen molar-refractivity contribution in [2.45, 2.75) is 60.1 Å². The number of rotatable bonds is 13. The zero-order valence-corrected chi connectivity index (χ0v) is 21.0. The Morgan fingerprint density at radius 3 is 2.00 bits per heavy atom. The van der Waals surface area contributed by atoms with Gasteiger partial charge >= 0.3 is 24.2 Å². The average Bonchev–Trinajstić information content (AvgIpc) is 2.77. The lowest BCUT2D eigenvalue weighted by Gasteiger charge is -2.21. The number of hydrogen-bond donors (Lipinski definition) is 2. The summed E-state index contributed by atoms with van der Waals surface area (Å²) in [5.74, 6) is -1.86. The van der Waals surface area contributed by atoms with Crippen molar-refractivity contribution in [3.05, 3.63) is 23.8 Å². The van der Waals surface area contributed by atoms with Crippen LogP contribution in [0.25, 0.3) is 0 Å².